The van der Waals surface area contributed by atoms with Crippen LogP contribution in [-0.2, 0) is 34.2 Å². The summed E-state index contributed by atoms with van der Waals surface area (Å²) >= 11 is 1.55. The lowest BCUT2D eigenvalue weighted by atomic mass is 9.98. The fourth-order valence-corrected chi connectivity index (χ4v) is 7.85. The maximum atomic E-state index is 14.0. The number of amides is 1. The molecule has 0 unspecified atom stereocenters. The Bertz CT molecular complexity index is 1760. The van der Waals surface area contributed by atoms with Crippen molar-refractivity contribution in [1.29, 1.82) is 0 Å². The van der Waals surface area contributed by atoms with Gasteiger partial charge in [0.15, 0.2) is 0 Å². The number of nitrogens with two attached hydrogens (primary N) is 1. The highest BCUT2D eigenvalue weighted by Gasteiger charge is 2.34. The van der Waals surface area contributed by atoms with Gasteiger partial charge in [0, 0.05) is 36.6 Å². The van der Waals surface area contributed by atoms with Crippen LogP contribution < -0.4 is 16.7 Å². The number of aryl methyl sites for hydroxylation is 1. The van der Waals surface area contributed by atoms with Crippen LogP contribution in [0.5, 0.6) is 0 Å². The van der Waals surface area contributed by atoms with Gasteiger partial charge in [-0.3, -0.25) is 13.9 Å². The Kier molecular flexibility index (Phi) is 12.2. The molecule has 2 heterocycles. The zero-order valence-electron chi connectivity index (χ0n) is 27.6. The Morgan fingerprint density at radius 2 is 1.72 bits per heavy atom. The zero-order chi connectivity index (χ0) is 34.3. The third kappa shape index (κ3) is 9.19. The summed E-state index contributed by atoms with van der Waals surface area (Å²) in [7, 11) is -3.99. The predicted molar refractivity (Wildman–Crippen MR) is 186 cm³/mol. The molecule has 0 radical (unpaired) electrons. The van der Waals surface area contributed by atoms with E-state index in [1.54, 1.807) is 23.7 Å². The molecule has 0 fully saturated rings. The number of nitrogen functional groups attached to an aromatic ring is 1. The van der Waals surface area contributed by atoms with Gasteiger partial charge in [0.2, 0.25) is 15.9 Å². The second-order valence-electron chi connectivity index (χ2n) is 12.5. The highest BCUT2D eigenvalue weighted by molar-refractivity contribution is 7.89. The Morgan fingerprint density at radius 1 is 1.04 bits per heavy atom. The summed E-state index contributed by atoms with van der Waals surface area (Å²) in [6.45, 7) is 9.73. The van der Waals surface area contributed by atoms with Gasteiger partial charge in [0.1, 0.15) is 6.04 Å². The number of aliphatic hydroxyl groups is 1. The van der Waals surface area contributed by atoms with Crippen molar-refractivity contribution in [3.63, 3.8) is 0 Å². The number of aliphatic hydroxyl groups excluding tert-OH is 1. The fraction of sp³-hybridized carbons (Fsp3) is 0.441. The number of hydrogen-bond donors (Lipinski definition) is 3. The van der Waals surface area contributed by atoms with Crippen LogP contribution >= 0.6 is 11.3 Å². The molecule has 254 valence electrons. The number of hydrogen-bond acceptors (Lipinski definition) is 8. The molecule has 4 aromatic rings. The number of benzene rings is 2. The summed E-state index contributed by atoms with van der Waals surface area (Å²) in [5.41, 5.74) is 7.52. The van der Waals surface area contributed by atoms with Crippen LogP contribution in [0.2, 0.25) is 0 Å². The molecule has 3 atom stereocenters. The third-order valence-corrected chi connectivity index (χ3v) is 10.8. The molecule has 0 spiro atoms. The number of carbonyl (C=O) groups excluding carboxylic acids is 1. The van der Waals surface area contributed by atoms with Crippen LogP contribution in [0.1, 0.15) is 56.9 Å². The van der Waals surface area contributed by atoms with Crippen molar-refractivity contribution in [2.75, 3.05) is 18.8 Å². The second-order valence-corrected chi connectivity index (χ2v) is 15.4. The first-order chi connectivity index (χ1) is 22.3. The standard InChI is InChI=1S/C34H46N6O5S2/c1-6-31-36-27(22-46-31)20-38-16-17-40(34(38)43)32(24(4)5)33(42)37-29(18-25-10-8-7-9-11-25)30(41)21-39(19-23(2)3)47(44,45)28-14-12-26(35)13-15-28/h7-17,22-24,29-30,32,41H,6,18-21,35H2,1-5H3,(H,37,42)/t29-,30+,32-/m0/s1. The monoisotopic (exact) mass is 682 g/mol. The van der Waals surface area contributed by atoms with Crippen LogP contribution in [-0.4, -0.2) is 63.1 Å². The summed E-state index contributed by atoms with van der Waals surface area (Å²) in [6, 6.07) is 13.6. The van der Waals surface area contributed by atoms with E-state index in [9.17, 15) is 23.1 Å². The van der Waals surface area contributed by atoms with Gasteiger partial charge in [-0.15, -0.1) is 11.3 Å². The minimum absolute atomic E-state index is 0.0352. The lowest BCUT2D eigenvalue weighted by Gasteiger charge is -2.32. The molecule has 11 nitrogen and oxygen atoms in total. The van der Waals surface area contributed by atoms with Gasteiger partial charge in [-0.25, -0.2) is 18.2 Å². The van der Waals surface area contributed by atoms with Crippen molar-refractivity contribution in [2.45, 2.75) is 77.1 Å². The largest absolute Gasteiger partial charge is 0.399 e. The van der Waals surface area contributed by atoms with Gasteiger partial charge in [0.25, 0.3) is 0 Å². The Balaban J connectivity index is 1.61. The van der Waals surface area contributed by atoms with Crippen molar-refractivity contribution >= 4 is 33.0 Å². The van der Waals surface area contributed by atoms with E-state index in [2.05, 4.69) is 10.3 Å². The summed E-state index contributed by atoms with van der Waals surface area (Å²) in [6.07, 6.45) is 3.04. The molecule has 0 aliphatic rings. The van der Waals surface area contributed by atoms with Crippen molar-refractivity contribution < 1.29 is 18.3 Å². The van der Waals surface area contributed by atoms with Crippen LogP contribution in [0.4, 0.5) is 5.69 Å². The molecule has 2 aromatic heterocycles. The normalized spacial score (nSPS) is 14.1. The number of nitrogens with one attached hydrogen (secondary N) is 1. The number of carbonyl (C=O) groups is 1. The average molecular weight is 683 g/mol. The summed E-state index contributed by atoms with van der Waals surface area (Å²) in [5, 5.41) is 17.6. The minimum atomic E-state index is -3.99. The fourth-order valence-electron chi connectivity index (χ4n) is 5.49. The first-order valence-corrected chi connectivity index (χ1v) is 18.2. The van der Waals surface area contributed by atoms with Crippen LogP contribution in [0, 0.1) is 11.8 Å². The SMILES string of the molecule is CCc1nc(Cn2ccn([C@H](C(=O)N[C@@H](Cc3ccccc3)[C@H](O)CN(CC(C)C)S(=O)(=O)c3ccc(N)cc3)C(C)C)c2=O)cs1. The molecule has 2 aromatic carbocycles. The Hall–Kier alpha value is -3.78. The van der Waals surface area contributed by atoms with Crippen molar-refractivity contribution in [3.05, 3.63) is 99.1 Å². The van der Waals surface area contributed by atoms with Crippen LogP contribution in [0.3, 0.4) is 0 Å². The summed E-state index contributed by atoms with van der Waals surface area (Å²) in [4.78, 5) is 32.2. The van der Waals surface area contributed by atoms with Crippen LogP contribution in [0.15, 0.2) is 82.1 Å². The van der Waals surface area contributed by atoms with E-state index in [4.69, 9.17) is 5.73 Å². The number of nitrogens with zero attached hydrogens (tertiary/aromatic N) is 4. The highest BCUT2D eigenvalue weighted by Crippen LogP contribution is 2.22. The molecular formula is C34H46N6O5S2. The maximum absolute atomic E-state index is 14.0. The topological polar surface area (TPSA) is 153 Å². The lowest BCUT2D eigenvalue weighted by Crippen LogP contribution is -2.53. The number of anilines is 1. The van der Waals surface area contributed by atoms with Crippen molar-refractivity contribution in [1.82, 2.24) is 23.7 Å². The maximum Gasteiger partial charge on any atom is 0.329 e. The van der Waals surface area contributed by atoms with Gasteiger partial charge in [-0.2, -0.15) is 4.31 Å². The lowest BCUT2D eigenvalue weighted by molar-refractivity contribution is -0.127. The molecule has 0 saturated heterocycles. The van der Waals surface area contributed by atoms with E-state index in [1.807, 2.05) is 70.3 Å². The average Bonchev–Trinajstić information content (AvgIpc) is 3.63. The van der Waals surface area contributed by atoms with E-state index in [0.717, 1.165) is 22.7 Å². The van der Waals surface area contributed by atoms with E-state index in [1.165, 1.54) is 37.7 Å². The quantitative estimate of drug-likeness (QED) is 0.152. The van der Waals surface area contributed by atoms with E-state index in [0.29, 0.717) is 5.69 Å². The molecule has 4 rings (SSSR count). The highest BCUT2D eigenvalue weighted by atomic mass is 32.2. The number of rotatable bonds is 16. The molecule has 1 amide bonds. The third-order valence-electron chi connectivity index (χ3n) is 7.88. The Labute approximate surface area is 281 Å². The number of imidazole rings is 1. The second kappa shape index (κ2) is 15.9. The van der Waals surface area contributed by atoms with Gasteiger partial charge in [-0.05, 0) is 54.5 Å². The van der Waals surface area contributed by atoms with E-state index in [-0.39, 0.29) is 48.5 Å². The smallest absolute Gasteiger partial charge is 0.329 e. The Morgan fingerprint density at radius 3 is 2.32 bits per heavy atom. The minimum Gasteiger partial charge on any atom is -0.399 e. The molecule has 0 aliphatic heterocycles. The first kappa shape index (κ1) is 36.1. The predicted octanol–water partition coefficient (Wildman–Crippen LogP) is 3.93. The molecular weight excluding hydrogens is 637 g/mol. The summed E-state index contributed by atoms with van der Waals surface area (Å²) < 4.78 is 31.7. The van der Waals surface area contributed by atoms with Gasteiger partial charge in [-0.1, -0.05) is 65.0 Å². The number of sulfonamides is 1. The first-order valence-electron chi connectivity index (χ1n) is 15.9. The molecule has 0 saturated carbocycles. The van der Waals surface area contributed by atoms with Crippen molar-refractivity contribution in [3.8, 4) is 0 Å². The van der Waals surface area contributed by atoms with Crippen LogP contribution in [0.25, 0.3) is 0 Å². The van der Waals surface area contributed by atoms with E-state index < -0.39 is 34.1 Å². The van der Waals surface area contributed by atoms with Gasteiger partial charge >= 0.3 is 5.69 Å². The van der Waals surface area contributed by atoms with Gasteiger partial charge < -0.3 is 16.2 Å². The van der Waals surface area contributed by atoms with E-state index >= 15 is 0 Å². The molecule has 47 heavy (non-hydrogen) atoms. The molecule has 13 heteroatoms. The van der Waals surface area contributed by atoms with Gasteiger partial charge in [0.05, 0.1) is 34.3 Å². The van der Waals surface area contributed by atoms with Crippen molar-refractivity contribution in [2.24, 2.45) is 11.8 Å². The number of thiazole rings is 1. The molecule has 0 bridgehead atoms. The molecule has 4 N–H and O–H groups in total. The number of aromatic nitrogens is 3. The zero-order valence-corrected chi connectivity index (χ0v) is 29.2. The molecule has 0 aliphatic carbocycles. The summed E-state index contributed by atoms with van der Waals surface area (Å²) in [5.74, 6) is -0.752.